The van der Waals surface area contributed by atoms with Gasteiger partial charge in [0.05, 0.1) is 7.11 Å². The van der Waals surface area contributed by atoms with Crippen LogP contribution in [0.2, 0.25) is 0 Å². The largest absolute Gasteiger partial charge is 0.495 e. The predicted molar refractivity (Wildman–Crippen MR) is 121 cm³/mol. The maximum Gasteiger partial charge on any atom is 0.251 e. The molecule has 1 atom stereocenters. The minimum absolute atomic E-state index is 0.118. The van der Waals surface area contributed by atoms with Crippen molar-refractivity contribution in [2.75, 3.05) is 7.11 Å². The van der Waals surface area contributed by atoms with Crippen LogP contribution < -0.4 is 20.1 Å². The Morgan fingerprint density at radius 2 is 1.78 bits per heavy atom. The number of benzene rings is 2. The molecular formula is C23H29N3O5S. The van der Waals surface area contributed by atoms with Crippen molar-refractivity contribution in [3.63, 3.8) is 0 Å². The van der Waals surface area contributed by atoms with Crippen LogP contribution in [0.3, 0.4) is 0 Å². The number of ether oxygens (including phenoxy) is 1. The van der Waals surface area contributed by atoms with Crippen LogP contribution in [0.15, 0.2) is 53.4 Å². The molecule has 1 unspecified atom stereocenters. The first-order chi connectivity index (χ1) is 15.2. The second kappa shape index (κ2) is 10.1. The van der Waals surface area contributed by atoms with E-state index in [1.54, 1.807) is 13.8 Å². The number of methoxy groups -OCH3 is 1. The van der Waals surface area contributed by atoms with Gasteiger partial charge < -0.3 is 15.4 Å². The molecule has 0 heterocycles. The number of rotatable bonds is 10. The molecule has 2 aromatic rings. The summed E-state index contributed by atoms with van der Waals surface area (Å²) >= 11 is 0. The summed E-state index contributed by atoms with van der Waals surface area (Å²) in [5, 5.41) is 5.69. The van der Waals surface area contributed by atoms with Gasteiger partial charge in [-0.1, -0.05) is 30.3 Å². The molecule has 9 heteroatoms. The van der Waals surface area contributed by atoms with Crippen molar-refractivity contribution in [3.8, 4) is 5.75 Å². The Kier molecular flexibility index (Phi) is 7.52. The third kappa shape index (κ3) is 6.30. The van der Waals surface area contributed by atoms with Gasteiger partial charge in [-0.2, -0.15) is 0 Å². The molecule has 0 saturated heterocycles. The molecule has 0 radical (unpaired) electrons. The fourth-order valence-electron chi connectivity index (χ4n) is 3.23. The van der Waals surface area contributed by atoms with E-state index in [2.05, 4.69) is 15.4 Å². The molecule has 172 valence electrons. The summed E-state index contributed by atoms with van der Waals surface area (Å²) in [7, 11) is -2.53. The van der Waals surface area contributed by atoms with Crippen LogP contribution in [0.5, 0.6) is 5.75 Å². The quantitative estimate of drug-likeness (QED) is 0.503. The summed E-state index contributed by atoms with van der Waals surface area (Å²) in [6, 6.07) is 12.6. The Bertz CT molecular complexity index is 1070. The van der Waals surface area contributed by atoms with Crippen LogP contribution in [0.25, 0.3) is 0 Å². The zero-order valence-electron chi connectivity index (χ0n) is 18.4. The lowest BCUT2D eigenvalue weighted by molar-refractivity contribution is -0.123. The van der Waals surface area contributed by atoms with E-state index in [4.69, 9.17) is 4.74 Å². The number of hydrogen-bond acceptors (Lipinski definition) is 5. The average molecular weight is 460 g/mol. The molecule has 1 aliphatic carbocycles. The molecule has 0 aromatic heterocycles. The highest BCUT2D eigenvalue weighted by atomic mass is 32.2. The van der Waals surface area contributed by atoms with E-state index in [0.29, 0.717) is 6.42 Å². The molecule has 1 aliphatic rings. The van der Waals surface area contributed by atoms with E-state index < -0.39 is 22.0 Å². The van der Waals surface area contributed by atoms with Crippen molar-refractivity contribution in [1.29, 1.82) is 0 Å². The smallest absolute Gasteiger partial charge is 0.251 e. The number of nitrogens with one attached hydrogen (secondary N) is 3. The summed E-state index contributed by atoms with van der Waals surface area (Å²) in [6.45, 7) is 3.40. The van der Waals surface area contributed by atoms with Gasteiger partial charge in [0.1, 0.15) is 16.7 Å². The lowest BCUT2D eigenvalue weighted by Gasteiger charge is -2.19. The fourth-order valence-corrected chi connectivity index (χ4v) is 4.68. The van der Waals surface area contributed by atoms with Gasteiger partial charge in [-0.15, -0.1) is 0 Å². The Morgan fingerprint density at radius 3 is 2.38 bits per heavy atom. The highest BCUT2D eigenvalue weighted by molar-refractivity contribution is 7.89. The van der Waals surface area contributed by atoms with Gasteiger partial charge in [0.2, 0.25) is 15.9 Å². The molecule has 3 N–H and O–H groups in total. The SMILES string of the molecule is COc1ccc(C(=O)NC(Cc2ccccc2)C(=O)NC2CC2)cc1S(=O)(=O)NC(C)C. The van der Waals surface area contributed by atoms with Crippen LogP contribution in [0, 0.1) is 0 Å². The van der Waals surface area contributed by atoms with Crippen LogP contribution >= 0.6 is 0 Å². The Morgan fingerprint density at radius 1 is 1.09 bits per heavy atom. The molecule has 0 aliphatic heterocycles. The third-order valence-corrected chi connectivity index (χ3v) is 6.61. The molecule has 2 amide bonds. The highest BCUT2D eigenvalue weighted by Gasteiger charge is 2.29. The van der Waals surface area contributed by atoms with E-state index in [1.807, 2.05) is 30.3 Å². The zero-order chi connectivity index (χ0) is 23.3. The minimum Gasteiger partial charge on any atom is -0.495 e. The number of amides is 2. The maximum absolute atomic E-state index is 13.0. The second-order valence-electron chi connectivity index (χ2n) is 8.14. The van der Waals surface area contributed by atoms with Crippen molar-refractivity contribution in [3.05, 3.63) is 59.7 Å². The zero-order valence-corrected chi connectivity index (χ0v) is 19.2. The second-order valence-corrected chi connectivity index (χ2v) is 9.82. The number of carbonyl (C=O) groups excluding carboxylic acids is 2. The summed E-state index contributed by atoms with van der Waals surface area (Å²) in [5.41, 5.74) is 1.02. The molecule has 1 saturated carbocycles. The lowest BCUT2D eigenvalue weighted by atomic mass is 10.0. The van der Waals surface area contributed by atoms with Crippen LogP contribution in [-0.4, -0.2) is 45.5 Å². The van der Waals surface area contributed by atoms with E-state index in [9.17, 15) is 18.0 Å². The molecule has 8 nitrogen and oxygen atoms in total. The Balaban J connectivity index is 1.84. The summed E-state index contributed by atoms with van der Waals surface area (Å²) in [4.78, 5) is 25.6. The monoisotopic (exact) mass is 459 g/mol. The number of carbonyl (C=O) groups is 2. The molecule has 3 rings (SSSR count). The minimum atomic E-state index is -3.89. The normalized spacial score (nSPS) is 14.6. The van der Waals surface area contributed by atoms with Crippen LogP contribution in [-0.2, 0) is 21.2 Å². The van der Waals surface area contributed by atoms with Crippen molar-refractivity contribution >= 4 is 21.8 Å². The molecule has 0 spiro atoms. The van der Waals surface area contributed by atoms with Crippen molar-refractivity contribution in [2.24, 2.45) is 0 Å². The molecular weight excluding hydrogens is 430 g/mol. The first-order valence-electron chi connectivity index (χ1n) is 10.5. The predicted octanol–water partition coefficient (Wildman–Crippen LogP) is 2.00. The summed E-state index contributed by atoms with van der Waals surface area (Å²) < 4.78 is 33.1. The average Bonchev–Trinajstić information content (AvgIpc) is 3.56. The van der Waals surface area contributed by atoms with E-state index in [-0.39, 0.29) is 34.2 Å². The fraction of sp³-hybridized carbons (Fsp3) is 0.391. The third-order valence-electron chi connectivity index (χ3n) is 4.93. The molecule has 0 bridgehead atoms. The van der Waals surface area contributed by atoms with Gasteiger partial charge in [-0.25, -0.2) is 13.1 Å². The van der Waals surface area contributed by atoms with Crippen LogP contribution in [0.4, 0.5) is 0 Å². The number of sulfonamides is 1. The van der Waals surface area contributed by atoms with E-state index in [1.165, 1.54) is 25.3 Å². The van der Waals surface area contributed by atoms with Crippen LogP contribution in [0.1, 0.15) is 42.6 Å². The van der Waals surface area contributed by atoms with Gasteiger partial charge in [0.15, 0.2) is 0 Å². The van der Waals surface area contributed by atoms with Gasteiger partial charge in [-0.3, -0.25) is 9.59 Å². The van der Waals surface area contributed by atoms with Gasteiger partial charge in [0, 0.05) is 24.1 Å². The highest BCUT2D eigenvalue weighted by Crippen LogP contribution is 2.25. The van der Waals surface area contributed by atoms with Gasteiger partial charge in [-0.05, 0) is 50.5 Å². The maximum atomic E-state index is 13.0. The van der Waals surface area contributed by atoms with E-state index >= 15 is 0 Å². The topological polar surface area (TPSA) is 114 Å². The van der Waals surface area contributed by atoms with Crippen molar-refractivity contribution < 1.29 is 22.7 Å². The van der Waals surface area contributed by atoms with Gasteiger partial charge >= 0.3 is 0 Å². The Hall–Kier alpha value is -2.91. The lowest BCUT2D eigenvalue weighted by Crippen LogP contribution is -2.48. The molecule has 32 heavy (non-hydrogen) atoms. The van der Waals surface area contributed by atoms with Crippen molar-refractivity contribution in [1.82, 2.24) is 15.4 Å². The summed E-state index contributed by atoms with van der Waals surface area (Å²) in [5.74, 6) is -0.671. The summed E-state index contributed by atoms with van der Waals surface area (Å²) in [6.07, 6.45) is 2.18. The first kappa shape index (κ1) is 23.7. The Labute approximate surface area is 188 Å². The first-order valence-corrected chi connectivity index (χ1v) is 12.0. The number of hydrogen-bond donors (Lipinski definition) is 3. The molecule has 1 fully saturated rings. The van der Waals surface area contributed by atoms with E-state index in [0.717, 1.165) is 18.4 Å². The molecule has 2 aromatic carbocycles. The standard InChI is InChI=1S/C23H29N3O5S/c1-15(2)26-32(29,30)21-14-17(9-12-20(21)31-3)22(27)25-19(23(28)24-18-10-11-18)13-16-7-5-4-6-8-16/h4-9,12,14-15,18-19,26H,10-11,13H2,1-3H3,(H,24,28)(H,25,27). The van der Waals surface area contributed by atoms with Crippen molar-refractivity contribution in [2.45, 2.75) is 56.1 Å². The van der Waals surface area contributed by atoms with Gasteiger partial charge in [0.25, 0.3) is 5.91 Å².